The van der Waals surface area contributed by atoms with Gasteiger partial charge < -0.3 is 5.32 Å². The summed E-state index contributed by atoms with van der Waals surface area (Å²) in [6.45, 7) is -1.37. The van der Waals surface area contributed by atoms with Crippen molar-refractivity contribution in [2.24, 2.45) is 7.05 Å². The van der Waals surface area contributed by atoms with Gasteiger partial charge in [0, 0.05) is 30.0 Å². The van der Waals surface area contributed by atoms with Crippen molar-refractivity contribution in [3.63, 3.8) is 0 Å². The van der Waals surface area contributed by atoms with Crippen molar-refractivity contribution in [3.05, 3.63) is 65.1 Å². The van der Waals surface area contributed by atoms with E-state index in [9.17, 15) is 18.0 Å². The zero-order valence-electron chi connectivity index (χ0n) is 17.8. The van der Waals surface area contributed by atoms with Crippen molar-refractivity contribution in [2.75, 3.05) is 6.54 Å². The molecule has 0 spiro atoms. The van der Waals surface area contributed by atoms with E-state index < -0.39 is 18.6 Å². The lowest BCUT2D eigenvalue weighted by Gasteiger charge is -2.09. The number of aryl methyl sites for hydroxylation is 1. The molecule has 2 N–H and O–H groups in total. The van der Waals surface area contributed by atoms with Crippen molar-refractivity contribution >= 4 is 16.8 Å². The fourth-order valence-electron chi connectivity index (χ4n) is 4.01. The summed E-state index contributed by atoms with van der Waals surface area (Å²) in [6.07, 6.45) is 0.384. The lowest BCUT2D eigenvalue weighted by atomic mass is 9.97. The second-order valence-electron chi connectivity index (χ2n) is 8.27. The summed E-state index contributed by atoms with van der Waals surface area (Å²) in [4.78, 5) is 16.6. The van der Waals surface area contributed by atoms with Crippen LogP contribution in [-0.2, 0) is 13.5 Å². The molecule has 1 aliphatic rings. The highest BCUT2D eigenvalue weighted by Crippen LogP contribution is 2.45. The molecule has 1 saturated carbocycles. The lowest BCUT2D eigenvalue weighted by Crippen LogP contribution is -2.33. The molecule has 0 saturated heterocycles. The average molecular weight is 454 g/mol. The van der Waals surface area contributed by atoms with Crippen LogP contribution in [0, 0.1) is 0 Å². The molecule has 7 nitrogen and oxygen atoms in total. The molecule has 0 unspecified atom stereocenters. The van der Waals surface area contributed by atoms with E-state index in [-0.39, 0.29) is 5.56 Å². The molecule has 0 radical (unpaired) electrons. The topological polar surface area (TPSA) is 88.5 Å². The third-order valence-corrected chi connectivity index (χ3v) is 5.80. The van der Waals surface area contributed by atoms with Crippen LogP contribution in [0.2, 0.25) is 0 Å². The summed E-state index contributed by atoms with van der Waals surface area (Å²) < 4.78 is 38.7. The van der Waals surface area contributed by atoms with Crippen LogP contribution >= 0.6 is 0 Å². The molecule has 1 amide bonds. The average Bonchev–Trinajstić information content (AvgIpc) is 3.39. The lowest BCUT2D eigenvalue weighted by molar-refractivity contribution is -0.123. The number of hydrogen-bond donors (Lipinski definition) is 2. The Hall–Kier alpha value is -3.69. The number of carbonyl (C=O) groups excluding carboxylic acids is 1. The molecule has 33 heavy (non-hydrogen) atoms. The van der Waals surface area contributed by atoms with Crippen molar-refractivity contribution in [2.45, 2.75) is 31.4 Å². The quantitative estimate of drug-likeness (QED) is 0.459. The van der Waals surface area contributed by atoms with Crippen molar-refractivity contribution in [1.29, 1.82) is 0 Å². The van der Waals surface area contributed by atoms with Gasteiger partial charge in [-0.1, -0.05) is 18.2 Å². The van der Waals surface area contributed by atoms with Gasteiger partial charge in [-0.05, 0) is 48.1 Å². The van der Waals surface area contributed by atoms with Gasteiger partial charge in [-0.25, -0.2) is 4.98 Å². The molecule has 2 aromatic heterocycles. The number of aromatic amines is 1. The Balaban J connectivity index is 1.36. The normalized spacial score (nSPS) is 14.1. The number of benzene rings is 2. The number of aromatic nitrogens is 5. The molecular formula is C23H21F3N6O. The van der Waals surface area contributed by atoms with E-state index in [0.29, 0.717) is 23.7 Å². The Morgan fingerprint density at radius 2 is 1.94 bits per heavy atom. The van der Waals surface area contributed by atoms with Crippen LogP contribution < -0.4 is 5.32 Å². The van der Waals surface area contributed by atoms with Crippen LogP contribution in [-0.4, -0.2) is 43.6 Å². The molecule has 170 valence electrons. The van der Waals surface area contributed by atoms with Crippen LogP contribution in [0.4, 0.5) is 13.2 Å². The van der Waals surface area contributed by atoms with E-state index in [1.165, 1.54) is 36.1 Å². The van der Waals surface area contributed by atoms with Gasteiger partial charge in [0.05, 0.1) is 11.7 Å². The molecule has 2 aromatic carbocycles. The van der Waals surface area contributed by atoms with E-state index in [1.54, 1.807) is 16.8 Å². The number of hydrogen-bond acceptors (Lipinski definition) is 4. The number of rotatable bonds is 6. The Labute approximate surface area is 187 Å². The van der Waals surface area contributed by atoms with Crippen LogP contribution in [0.3, 0.4) is 0 Å². The fraction of sp³-hybridized carbons (Fsp3) is 0.304. The minimum Gasteiger partial charge on any atom is -0.343 e. The van der Waals surface area contributed by atoms with E-state index in [1.807, 2.05) is 24.6 Å². The summed E-state index contributed by atoms with van der Waals surface area (Å²) in [5.41, 5.74) is 4.36. The first kappa shape index (κ1) is 21.2. The third kappa shape index (κ3) is 4.46. The molecule has 1 fully saturated rings. The molecular weight excluding hydrogens is 433 g/mol. The number of amides is 1. The number of carbonyl (C=O) groups is 1. The van der Waals surface area contributed by atoms with Crippen LogP contribution in [0.25, 0.3) is 22.3 Å². The predicted octanol–water partition coefficient (Wildman–Crippen LogP) is 4.12. The van der Waals surface area contributed by atoms with Gasteiger partial charge in [-0.3, -0.25) is 14.6 Å². The SMILES string of the molecule is Cn1nc(-c2ccc(C(=O)NCC(F)(F)F)cc2)nc1Cc1ccc2[nH]ncc2c1C1CC1. The maximum atomic E-state index is 12.3. The Kier molecular flexibility index (Phi) is 5.15. The van der Waals surface area contributed by atoms with Crippen LogP contribution in [0.15, 0.2) is 42.6 Å². The minimum absolute atomic E-state index is 0.140. The first-order valence-electron chi connectivity index (χ1n) is 10.6. The molecule has 5 rings (SSSR count). The number of halogens is 3. The first-order valence-corrected chi connectivity index (χ1v) is 10.6. The van der Waals surface area contributed by atoms with Gasteiger partial charge in [-0.15, -0.1) is 0 Å². The summed E-state index contributed by atoms with van der Waals surface area (Å²) >= 11 is 0. The van der Waals surface area contributed by atoms with Gasteiger partial charge in [0.2, 0.25) is 0 Å². The highest BCUT2D eigenvalue weighted by atomic mass is 19.4. The van der Waals surface area contributed by atoms with E-state index >= 15 is 0 Å². The Bertz CT molecular complexity index is 1320. The predicted molar refractivity (Wildman–Crippen MR) is 116 cm³/mol. The van der Waals surface area contributed by atoms with Gasteiger partial charge in [0.15, 0.2) is 5.82 Å². The van der Waals surface area contributed by atoms with Crippen LogP contribution in [0.1, 0.15) is 46.1 Å². The Morgan fingerprint density at radius 1 is 1.18 bits per heavy atom. The molecule has 0 atom stereocenters. The summed E-state index contributed by atoms with van der Waals surface area (Å²) in [6, 6.07) is 10.3. The van der Waals surface area contributed by atoms with E-state index in [4.69, 9.17) is 0 Å². The smallest absolute Gasteiger partial charge is 0.343 e. The molecule has 0 aliphatic heterocycles. The number of fused-ring (bicyclic) bond motifs is 1. The largest absolute Gasteiger partial charge is 0.405 e. The highest BCUT2D eigenvalue weighted by Gasteiger charge is 2.29. The van der Waals surface area contributed by atoms with Gasteiger partial charge in [-0.2, -0.15) is 23.4 Å². The third-order valence-electron chi connectivity index (χ3n) is 5.80. The summed E-state index contributed by atoms with van der Waals surface area (Å²) in [5, 5.41) is 14.7. The second-order valence-corrected chi connectivity index (χ2v) is 8.27. The van der Waals surface area contributed by atoms with E-state index in [2.05, 4.69) is 26.3 Å². The minimum atomic E-state index is -4.45. The maximum absolute atomic E-state index is 12.3. The standard InChI is InChI=1S/C23H21F3N6O/c1-32-19(10-16-8-9-18-17(11-28-30-18)20(16)13-2-3-13)29-21(31-32)14-4-6-15(7-5-14)22(33)27-12-23(24,25)26/h4-9,11,13H,2-3,10,12H2,1H3,(H,27,33)(H,28,30). The molecule has 1 aliphatic carbocycles. The monoisotopic (exact) mass is 454 g/mol. The highest BCUT2D eigenvalue weighted by molar-refractivity contribution is 5.94. The second kappa shape index (κ2) is 8.02. The maximum Gasteiger partial charge on any atom is 0.405 e. The van der Waals surface area contributed by atoms with Crippen molar-refractivity contribution in [3.8, 4) is 11.4 Å². The van der Waals surface area contributed by atoms with Gasteiger partial charge >= 0.3 is 6.18 Å². The number of nitrogens with zero attached hydrogens (tertiary/aromatic N) is 4. The summed E-state index contributed by atoms with van der Waals surface area (Å²) in [7, 11) is 1.83. The zero-order valence-corrected chi connectivity index (χ0v) is 17.8. The molecule has 10 heteroatoms. The molecule has 0 bridgehead atoms. The van der Waals surface area contributed by atoms with E-state index in [0.717, 1.165) is 16.7 Å². The summed E-state index contributed by atoms with van der Waals surface area (Å²) in [5.74, 6) is 1.05. The van der Waals surface area contributed by atoms with Crippen molar-refractivity contribution in [1.82, 2.24) is 30.3 Å². The molecule has 2 heterocycles. The first-order chi connectivity index (χ1) is 15.8. The number of alkyl halides is 3. The van der Waals surface area contributed by atoms with Crippen molar-refractivity contribution < 1.29 is 18.0 Å². The van der Waals surface area contributed by atoms with Gasteiger partial charge in [0.25, 0.3) is 5.91 Å². The van der Waals surface area contributed by atoms with Crippen LogP contribution in [0.5, 0.6) is 0 Å². The molecule has 4 aromatic rings. The number of H-pyrrole nitrogens is 1. The Morgan fingerprint density at radius 3 is 2.64 bits per heavy atom. The number of nitrogens with one attached hydrogen (secondary N) is 2. The van der Waals surface area contributed by atoms with Gasteiger partial charge in [0.1, 0.15) is 12.4 Å². The fourth-order valence-corrected chi connectivity index (χ4v) is 4.01. The zero-order chi connectivity index (χ0) is 23.2.